The van der Waals surface area contributed by atoms with Crippen molar-refractivity contribution < 1.29 is 58.4 Å². The Morgan fingerprint density at radius 3 is 1.55 bits per heavy atom. The Morgan fingerprint density at radius 1 is 0.615 bits per heavy atom. The molecule has 0 unspecified atom stereocenters. The van der Waals surface area contributed by atoms with Crippen LogP contribution in [0.1, 0.15) is 70.2 Å². The predicted molar refractivity (Wildman–Crippen MR) is 298 cm³/mol. The van der Waals surface area contributed by atoms with Gasteiger partial charge in [-0.15, -0.1) is 0 Å². The number of nitrogens with one attached hydrogen (secondary N) is 1. The Labute approximate surface area is 470 Å². The molecule has 5 N–H and O–H groups in total. The SMILES string of the molecule is Cc1c(COc2nc(OCc3ccc(N4CCOCC4)nc3)c(CCC[C@@H](O)CC(=O)O)cc2Br)cccc1-c1cccc(COc2nc(OCc3ccc(N4CCOCC4)nc3)c(CNC[C@@H](O)CC(=O)O)cc2Br)c1C. The molecular weight excluding hydrogens is 1130 g/mol. The van der Waals surface area contributed by atoms with E-state index in [0.29, 0.717) is 83.7 Å². The van der Waals surface area contributed by atoms with Crippen molar-refractivity contribution in [2.45, 2.75) is 91.1 Å². The zero-order chi connectivity index (χ0) is 55.0. The van der Waals surface area contributed by atoms with Gasteiger partial charge in [-0.1, -0.05) is 48.5 Å². The number of aliphatic hydroxyl groups excluding tert-OH is 2. The van der Waals surface area contributed by atoms with E-state index in [1.807, 2.05) is 60.7 Å². The van der Waals surface area contributed by atoms with Crippen molar-refractivity contribution in [3.63, 3.8) is 0 Å². The Kier molecular flexibility index (Phi) is 21.0. The molecule has 2 aliphatic heterocycles. The van der Waals surface area contributed by atoms with Crippen LogP contribution in [0.5, 0.6) is 23.5 Å². The highest BCUT2D eigenvalue weighted by Gasteiger charge is 2.21. The van der Waals surface area contributed by atoms with Gasteiger partial charge in [0.2, 0.25) is 23.5 Å². The largest absolute Gasteiger partial charge is 0.481 e. The van der Waals surface area contributed by atoms with E-state index < -0.39 is 24.1 Å². The highest BCUT2D eigenvalue weighted by atomic mass is 79.9. The molecule has 0 saturated carbocycles. The number of carbonyl (C=O) groups is 2. The van der Waals surface area contributed by atoms with Crippen molar-refractivity contribution in [2.24, 2.45) is 0 Å². The zero-order valence-corrected chi connectivity index (χ0v) is 46.8. The summed E-state index contributed by atoms with van der Waals surface area (Å²) in [6.45, 7) is 10.9. The first-order chi connectivity index (χ1) is 37.8. The third-order valence-electron chi connectivity index (χ3n) is 13.4. The average molecular weight is 1200 g/mol. The van der Waals surface area contributed by atoms with Crippen LogP contribution in [-0.2, 0) is 58.5 Å². The molecule has 2 saturated heterocycles. The van der Waals surface area contributed by atoms with Gasteiger partial charge in [0.05, 0.1) is 60.4 Å². The van der Waals surface area contributed by atoms with E-state index in [1.165, 1.54) is 0 Å². The molecule has 2 aliphatic rings. The van der Waals surface area contributed by atoms with Gasteiger partial charge in [0, 0.05) is 73.9 Å². The molecule has 414 valence electrons. The van der Waals surface area contributed by atoms with Gasteiger partial charge in [0.1, 0.15) is 38.1 Å². The molecule has 2 atom stereocenters. The lowest BCUT2D eigenvalue weighted by Gasteiger charge is -2.27. The summed E-state index contributed by atoms with van der Waals surface area (Å²) in [6.07, 6.45) is 2.13. The Hall–Kier alpha value is -6.46. The highest BCUT2D eigenvalue weighted by molar-refractivity contribution is 9.10. The average Bonchev–Trinajstić information content (AvgIpc) is 3.48. The number of halogens is 2. The summed E-state index contributed by atoms with van der Waals surface area (Å²) in [5.74, 6) is 0.927. The Balaban J connectivity index is 0.953. The first-order valence-corrected chi connectivity index (χ1v) is 27.5. The fraction of sp³-hybridized carbons (Fsp3) is 0.404. The number of rotatable bonds is 27. The summed E-state index contributed by atoms with van der Waals surface area (Å²) in [5.41, 5.74) is 9.11. The van der Waals surface area contributed by atoms with Crippen LogP contribution >= 0.6 is 31.9 Å². The second kappa shape index (κ2) is 28.4. The maximum Gasteiger partial charge on any atom is 0.306 e. The van der Waals surface area contributed by atoms with Crippen LogP contribution < -0.4 is 34.1 Å². The fourth-order valence-corrected chi connectivity index (χ4v) is 10.0. The number of ether oxygens (including phenoxy) is 6. The Morgan fingerprint density at radius 2 is 1.08 bits per heavy atom. The first kappa shape index (κ1) is 57.7. The summed E-state index contributed by atoms with van der Waals surface area (Å²) in [7, 11) is 0. The number of benzene rings is 2. The van der Waals surface area contributed by atoms with Gasteiger partial charge >= 0.3 is 11.9 Å². The number of aryl methyl sites for hydroxylation is 1. The minimum absolute atomic E-state index is 0.0542. The highest BCUT2D eigenvalue weighted by Crippen LogP contribution is 2.36. The molecule has 6 aromatic rings. The van der Waals surface area contributed by atoms with Crippen molar-refractivity contribution in [1.29, 1.82) is 0 Å². The van der Waals surface area contributed by atoms with Crippen LogP contribution in [0.25, 0.3) is 11.1 Å². The molecule has 0 aliphatic carbocycles. The maximum absolute atomic E-state index is 11.2. The number of aliphatic hydroxyl groups is 2. The van der Waals surface area contributed by atoms with E-state index >= 15 is 0 Å². The molecule has 0 spiro atoms. The van der Waals surface area contributed by atoms with Crippen molar-refractivity contribution in [3.8, 4) is 34.6 Å². The van der Waals surface area contributed by atoms with Crippen LogP contribution in [0.3, 0.4) is 0 Å². The summed E-state index contributed by atoms with van der Waals surface area (Å²) in [6, 6.07) is 23.8. The quantitative estimate of drug-likeness (QED) is 0.0327. The van der Waals surface area contributed by atoms with Gasteiger partial charge in [0.15, 0.2) is 0 Å². The third-order valence-corrected chi connectivity index (χ3v) is 14.6. The van der Waals surface area contributed by atoms with Crippen LogP contribution in [0, 0.1) is 13.8 Å². The number of nitrogens with zero attached hydrogens (tertiary/aromatic N) is 6. The number of aliphatic carboxylic acids is 2. The lowest BCUT2D eigenvalue weighted by molar-refractivity contribution is -0.140. The topological polar surface area (TPSA) is 241 Å². The second-order valence-corrected chi connectivity index (χ2v) is 20.8. The van der Waals surface area contributed by atoms with Crippen LogP contribution in [-0.4, -0.2) is 124 Å². The molecule has 0 radical (unpaired) electrons. The molecule has 2 aromatic carbocycles. The molecule has 0 bridgehead atoms. The van der Waals surface area contributed by atoms with E-state index in [-0.39, 0.29) is 52.4 Å². The minimum atomic E-state index is -1.09. The molecule has 19 nitrogen and oxygen atoms in total. The molecule has 78 heavy (non-hydrogen) atoms. The Bertz CT molecular complexity index is 2760. The first-order valence-electron chi connectivity index (χ1n) is 25.9. The number of pyridine rings is 4. The van der Waals surface area contributed by atoms with E-state index in [9.17, 15) is 19.8 Å². The van der Waals surface area contributed by atoms with Gasteiger partial charge < -0.3 is 64.0 Å². The number of carboxylic acids is 2. The predicted octanol–water partition coefficient (Wildman–Crippen LogP) is 8.15. The van der Waals surface area contributed by atoms with Gasteiger partial charge in [0.25, 0.3) is 0 Å². The summed E-state index contributed by atoms with van der Waals surface area (Å²) in [5, 5.41) is 41.9. The van der Waals surface area contributed by atoms with Crippen molar-refractivity contribution in [1.82, 2.24) is 25.3 Å². The molecule has 8 rings (SSSR count). The number of morpholine rings is 2. The summed E-state index contributed by atoms with van der Waals surface area (Å²) >= 11 is 7.33. The molecule has 21 heteroatoms. The molecule has 4 aromatic heterocycles. The molecule has 0 amide bonds. The van der Waals surface area contributed by atoms with E-state index in [1.54, 1.807) is 12.4 Å². The summed E-state index contributed by atoms with van der Waals surface area (Å²) < 4.78 is 37.7. The standard InChI is InChI=1S/C57H65Br2N7O12/c1-36-41(34-77-56-48(58)24-40(6-3-9-44(67)26-52(69)70)54(63-56)75-32-38-12-14-50(61-28-38)65-16-20-73-21-17-65)7-4-10-46(36)47-11-5-8-42(37(47)2)35-78-57-49(59)25-43(30-60-31-45(68)27-53(71)72)55(64-57)76-33-39-13-15-51(62-29-39)66-18-22-74-23-19-66/h4-5,7-8,10-15,24-25,28-29,44-45,60,67-68H,3,6,9,16-23,26-27,30-35H2,1-2H3,(H,69,70)(H,71,72)/t44-,45+/m1/s1. The van der Waals surface area contributed by atoms with Gasteiger partial charge in [-0.05, 0) is 123 Å². The smallest absolute Gasteiger partial charge is 0.306 e. The lowest BCUT2D eigenvalue weighted by atomic mass is 9.92. The van der Waals surface area contributed by atoms with Crippen LogP contribution in [0.2, 0.25) is 0 Å². The van der Waals surface area contributed by atoms with E-state index in [4.69, 9.17) is 48.6 Å². The maximum atomic E-state index is 11.2. The molecule has 6 heterocycles. The van der Waals surface area contributed by atoms with E-state index in [0.717, 1.165) is 87.9 Å². The van der Waals surface area contributed by atoms with E-state index in [2.05, 4.69) is 82.9 Å². The van der Waals surface area contributed by atoms with Crippen molar-refractivity contribution in [2.75, 3.05) is 69.0 Å². The molecular formula is C57H65Br2N7O12. The fourth-order valence-electron chi connectivity index (χ4n) is 9.05. The van der Waals surface area contributed by atoms with Gasteiger partial charge in [-0.3, -0.25) is 9.59 Å². The number of carboxylic acid groups (broad SMARTS) is 2. The normalized spacial score (nSPS) is 14.4. The monoisotopic (exact) mass is 1200 g/mol. The number of aromatic nitrogens is 4. The molecule has 2 fully saturated rings. The second-order valence-electron chi connectivity index (χ2n) is 19.1. The number of hydrogen-bond donors (Lipinski definition) is 5. The lowest BCUT2D eigenvalue weighted by Crippen LogP contribution is -2.36. The minimum Gasteiger partial charge on any atom is -0.481 e. The van der Waals surface area contributed by atoms with Gasteiger partial charge in [-0.25, -0.2) is 9.97 Å². The van der Waals surface area contributed by atoms with Crippen molar-refractivity contribution >= 4 is 55.4 Å². The summed E-state index contributed by atoms with van der Waals surface area (Å²) in [4.78, 5) is 45.7. The van der Waals surface area contributed by atoms with Gasteiger partial charge in [-0.2, -0.15) is 9.97 Å². The third kappa shape index (κ3) is 16.3. The number of hydrogen-bond acceptors (Lipinski definition) is 17. The van der Waals surface area contributed by atoms with Crippen LogP contribution in [0.15, 0.2) is 94.1 Å². The van der Waals surface area contributed by atoms with Crippen LogP contribution in [0.4, 0.5) is 11.6 Å². The number of anilines is 2. The zero-order valence-electron chi connectivity index (χ0n) is 43.7. The van der Waals surface area contributed by atoms with Crippen molar-refractivity contribution in [3.05, 3.63) is 139 Å².